The summed E-state index contributed by atoms with van der Waals surface area (Å²) in [6.07, 6.45) is 8.77. The van der Waals surface area contributed by atoms with Gasteiger partial charge in [-0.3, -0.25) is 0 Å². The lowest BCUT2D eigenvalue weighted by Crippen LogP contribution is -2.43. The van der Waals surface area contributed by atoms with Gasteiger partial charge in [0, 0.05) is 19.1 Å². The zero-order valence-corrected chi connectivity index (χ0v) is 12.9. The van der Waals surface area contributed by atoms with E-state index in [0.717, 1.165) is 29.7 Å². The zero-order chi connectivity index (χ0) is 13.2. The highest BCUT2D eigenvalue weighted by molar-refractivity contribution is 4.94. The molecule has 3 aliphatic rings. The molecule has 0 radical (unpaired) electrons. The Morgan fingerprint density at radius 3 is 2.42 bits per heavy atom. The molecule has 1 heterocycles. The van der Waals surface area contributed by atoms with Crippen molar-refractivity contribution in [3.8, 4) is 0 Å². The van der Waals surface area contributed by atoms with E-state index in [0.29, 0.717) is 0 Å². The van der Waals surface area contributed by atoms with Gasteiger partial charge in [0.2, 0.25) is 0 Å². The number of rotatable bonds is 6. The van der Waals surface area contributed by atoms with E-state index in [2.05, 4.69) is 24.1 Å². The highest BCUT2D eigenvalue weighted by Gasteiger charge is 2.42. The third kappa shape index (κ3) is 3.72. The first-order valence-corrected chi connectivity index (χ1v) is 8.73. The van der Waals surface area contributed by atoms with Crippen LogP contribution in [0.1, 0.15) is 52.4 Å². The van der Waals surface area contributed by atoms with Gasteiger partial charge >= 0.3 is 0 Å². The minimum atomic E-state index is 0.728. The Bertz CT molecular complexity index is 271. The second-order valence-corrected chi connectivity index (χ2v) is 7.40. The molecule has 19 heavy (non-hydrogen) atoms. The lowest BCUT2D eigenvalue weighted by Gasteiger charge is -2.31. The first kappa shape index (κ1) is 13.9. The van der Waals surface area contributed by atoms with Crippen LogP contribution in [0.3, 0.4) is 0 Å². The fourth-order valence-electron chi connectivity index (χ4n) is 3.89. The molecule has 2 unspecified atom stereocenters. The maximum Gasteiger partial charge on any atom is 0.0220 e. The van der Waals surface area contributed by atoms with Crippen LogP contribution in [0.15, 0.2) is 0 Å². The van der Waals surface area contributed by atoms with E-state index in [1.54, 1.807) is 0 Å². The number of nitrogens with one attached hydrogen (secondary N) is 1. The Hall–Kier alpha value is -0.0800. The van der Waals surface area contributed by atoms with Gasteiger partial charge in [0.1, 0.15) is 0 Å². The van der Waals surface area contributed by atoms with Gasteiger partial charge in [-0.05, 0) is 68.9 Å². The summed E-state index contributed by atoms with van der Waals surface area (Å²) >= 11 is 0. The van der Waals surface area contributed by atoms with E-state index >= 15 is 0 Å². The fraction of sp³-hybridized carbons (Fsp3) is 1.00. The van der Waals surface area contributed by atoms with Gasteiger partial charge in [-0.1, -0.05) is 20.3 Å². The summed E-state index contributed by atoms with van der Waals surface area (Å²) < 4.78 is 0. The molecule has 2 nitrogen and oxygen atoms in total. The third-order valence-corrected chi connectivity index (χ3v) is 5.77. The summed E-state index contributed by atoms with van der Waals surface area (Å²) in [6, 6.07) is 0.728. The molecule has 1 N–H and O–H groups in total. The molecule has 2 saturated carbocycles. The van der Waals surface area contributed by atoms with Crippen molar-refractivity contribution in [2.75, 3.05) is 26.2 Å². The standard InChI is InChI=1S/C17H32N2/c1-3-13(2)17-12-19(10-4-9-18-17)11-16(14-5-6-14)15-7-8-15/h13-18H,3-12H2,1-2H3. The van der Waals surface area contributed by atoms with Crippen molar-refractivity contribution >= 4 is 0 Å². The average Bonchev–Trinajstić information content (AvgIpc) is 3.30. The van der Waals surface area contributed by atoms with E-state index in [1.807, 2.05) is 0 Å². The van der Waals surface area contributed by atoms with E-state index in [9.17, 15) is 0 Å². The molecule has 2 atom stereocenters. The molecule has 0 amide bonds. The second kappa shape index (κ2) is 6.13. The van der Waals surface area contributed by atoms with Gasteiger partial charge in [-0.25, -0.2) is 0 Å². The SMILES string of the molecule is CCC(C)C1CN(CC(C2CC2)C2CC2)CCCN1. The van der Waals surface area contributed by atoms with Gasteiger partial charge in [-0.15, -0.1) is 0 Å². The lowest BCUT2D eigenvalue weighted by molar-refractivity contribution is 0.185. The highest BCUT2D eigenvalue weighted by atomic mass is 15.2. The first-order chi connectivity index (χ1) is 9.28. The molecule has 0 aromatic heterocycles. The molecule has 110 valence electrons. The van der Waals surface area contributed by atoms with Crippen molar-refractivity contribution in [1.29, 1.82) is 0 Å². The molecule has 3 rings (SSSR count). The smallest absolute Gasteiger partial charge is 0.0220 e. The molecule has 3 fully saturated rings. The van der Waals surface area contributed by atoms with Crippen LogP contribution in [-0.2, 0) is 0 Å². The topological polar surface area (TPSA) is 15.3 Å². The summed E-state index contributed by atoms with van der Waals surface area (Å²) in [4.78, 5) is 2.80. The first-order valence-electron chi connectivity index (χ1n) is 8.73. The molecule has 0 bridgehead atoms. The highest BCUT2D eigenvalue weighted by Crippen LogP contribution is 2.49. The minimum Gasteiger partial charge on any atom is -0.312 e. The van der Waals surface area contributed by atoms with Gasteiger partial charge < -0.3 is 10.2 Å². The van der Waals surface area contributed by atoms with Crippen molar-refractivity contribution in [1.82, 2.24) is 10.2 Å². The maximum atomic E-state index is 3.78. The Morgan fingerprint density at radius 2 is 1.84 bits per heavy atom. The van der Waals surface area contributed by atoms with Crippen LogP contribution >= 0.6 is 0 Å². The molecular formula is C17H32N2. The molecule has 1 saturated heterocycles. The second-order valence-electron chi connectivity index (χ2n) is 7.40. The van der Waals surface area contributed by atoms with Crippen LogP contribution < -0.4 is 5.32 Å². The van der Waals surface area contributed by atoms with Gasteiger partial charge in [0.25, 0.3) is 0 Å². The van der Waals surface area contributed by atoms with Crippen molar-refractivity contribution in [2.45, 2.75) is 58.4 Å². The van der Waals surface area contributed by atoms with Crippen LogP contribution in [0, 0.1) is 23.7 Å². The Kier molecular flexibility index (Phi) is 4.48. The molecule has 1 aliphatic heterocycles. The Balaban J connectivity index is 1.55. The van der Waals surface area contributed by atoms with E-state index in [-0.39, 0.29) is 0 Å². The van der Waals surface area contributed by atoms with Gasteiger partial charge in [0.05, 0.1) is 0 Å². The predicted molar refractivity (Wildman–Crippen MR) is 81.2 cm³/mol. The van der Waals surface area contributed by atoms with Crippen molar-refractivity contribution < 1.29 is 0 Å². The van der Waals surface area contributed by atoms with Crippen LogP contribution in [0.5, 0.6) is 0 Å². The number of hydrogen-bond acceptors (Lipinski definition) is 2. The largest absolute Gasteiger partial charge is 0.312 e. The normalized spacial score (nSPS) is 31.4. The third-order valence-electron chi connectivity index (χ3n) is 5.77. The van der Waals surface area contributed by atoms with Crippen molar-refractivity contribution in [3.05, 3.63) is 0 Å². The maximum absolute atomic E-state index is 3.78. The number of hydrogen-bond donors (Lipinski definition) is 1. The molecule has 0 aromatic rings. The summed E-state index contributed by atoms with van der Waals surface area (Å²) in [5, 5.41) is 3.78. The summed E-state index contributed by atoms with van der Waals surface area (Å²) in [5.41, 5.74) is 0. The summed E-state index contributed by atoms with van der Waals surface area (Å²) in [5.74, 6) is 4.08. The lowest BCUT2D eigenvalue weighted by atomic mass is 9.95. The number of nitrogens with zero attached hydrogens (tertiary/aromatic N) is 1. The van der Waals surface area contributed by atoms with Gasteiger partial charge in [-0.2, -0.15) is 0 Å². The van der Waals surface area contributed by atoms with Crippen molar-refractivity contribution in [3.63, 3.8) is 0 Å². The zero-order valence-electron chi connectivity index (χ0n) is 12.9. The molecular weight excluding hydrogens is 232 g/mol. The molecule has 0 aromatic carbocycles. The van der Waals surface area contributed by atoms with Crippen LogP contribution in [0.2, 0.25) is 0 Å². The molecule has 0 spiro atoms. The minimum absolute atomic E-state index is 0.728. The predicted octanol–water partition coefficient (Wildman–Crippen LogP) is 3.13. The summed E-state index contributed by atoms with van der Waals surface area (Å²) in [7, 11) is 0. The molecule has 2 heteroatoms. The van der Waals surface area contributed by atoms with Crippen LogP contribution in [0.4, 0.5) is 0 Å². The summed E-state index contributed by atoms with van der Waals surface area (Å²) in [6.45, 7) is 10.0. The van der Waals surface area contributed by atoms with E-state index < -0.39 is 0 Å². The average molecular weight is 264 g/mol. The van der Waals surface area contributed by atoms with Crippen molar-refractivity contribution in [2.24, 2.45) is 23.7 Å². The fourth-order valence-corrected chi connectivity index (χ4v) is 3.89. The van der Waals surface area contributed by atoms with Crippen LogP contribution in [0.25, 0.3) is 0 Å². The van der Waals surface area contributed by atoms with Crippen LogP contribution in [-0.4, -0.2) is 37.1 Å². The quantitative estimate of drug-likeness (QED) is 0.793. The molecule has 2 aliphatic carbocycles. The Labute approximate surface area is 119 Å². The van der Waals surface area contributed by atoms with E-state index in [1.165, 1.54) is 64.7 Å². The van der Waals surface area contributed by atoms with E-state index in [4.69, 9.17) is 0 Å². The van der Waals surface area contributed by atoms with Gasteiger partial charge in [0.15, 0.2) is 0 Å². The monoisotopic (exact) mass is 264 g/mol. The Morgan fingerprint density at radius 1 is 1.16 bits per heavy atom.